The Bertz CT molecular complexity index is 875. The Morgan fingerprint density at radius 3 is 2.30 bits per heavy atom. The first-order valence-corrected chi connectivity index (χ1v) is 11.7. The monoisotopic (exact) mass is 504 g/mol. The molecule has 2 aromatic rings. The molecule has 9 heteroatoms. The minimum absolute atomic E-state index is 0.173. The largest absolute Gasteiger partial charge is 0.493 e. The van der Waals surface area contributed by atoms with Crippen LogP contribution in [0.15, 0.2) is 41.0 Å². The molecule has 0 unspecified atom stereocenters. The number of alkyl halides is 3. The van der Waals surface area contributed by atoms with Crippen LogP contribution in [0, 0.1) is 0 Å². The number of ether oxygens (including phenoxy) is 2. The van der Waals surface area contributed by atoms with Crippen LogP contribution in [0.5, 0.6) is 11.5 Å². The van der Waals surface area contributed by atoms with Gasteiger partial charge in [0.1, 0.15) is 22.6 Å². The number of aryl methyl sites for hydroxylation is 2. The summed E-state index contributed by atoms with van der Waals surface area (Å²) in [6.07, 6.45) is 1.43. The molecule has 33 heavy (non-hydrogen) atoms. The average Bonchev–Trinajstić information content (AvgIpc) is 2.78. The summed E-state index contributed by atoms with van der Waals surface area (Å²) in [7, 11) is 0. The van der Waals surface area contributed by atoms with E-state index in [1.54, 1.807) is 6.08 Å². The molecular formula is C24H29Cl2F3N2O2. The van der Waals surface area contributed by atoms with Crippen LogP contribution in [0.4, 0.5) is 13.2 Å². The van der Waals surface area contributed by atoms with Crippen molar-refractivity contribution in [3.05, 3.63) is 63.4 Å². The third-order valence-electron chi connectivity index (χ3n) is 4.92. The quantitative estimate of drug-likeness (QED) is 0.302. The summed E-state index contributed by atoms with van der Waals surface area (Å²) in [6.45, 7) is 6.15. The van der Waals surface area contributed by atoms with E-state index in [1.807, 2.05) is 12.1 Å². The van der Waals surface area contributed by atoms with Gasteiger partial charge in [-0.25, -0.2) is 0 Å². The van der Waals surface area contributed by atoms with Gasteiger partial charge in [-0.2, -0.15) is 13.2 Å². The van der Waals surface area contributed by atoms with E-state index in [4.69, 9.17) is 32.7 Å². The molecule has 0 spiro atoms. The number of halogens is 5. The van der Waals surface area contributed by atoms with Crippen molar-refractivity contribution in [2.45, 2.75) is 52.3 Å². The van der Waals surface area contributed by atoms with E-state index in [0.717, 1.165) is 67.1 Å². The number of rotatable bonds is 13. The molecule has 0 atom stereocenters. The molecule has 1 heterocycles. The first-order chi connectivity index (χ1) is 15.7. The number of aromatic nitrogens is 1. The lowest BCUT2D eigenvalue weighted by Gasteiger charge is -2.17. The minimum atomic E-state index is -4.36. The molecule has 2 rings (SSSR count). The Balaban J connectivity index is 1.77. The Morgan fingerprint density at radius 1 is 1.06 bits per heavy atom. The molecule has 182 valence electrons. The van der Waals surface area contributed by atoms with Gasteiger partial charge >= 0.3 is 6.18 Å². The van der Waals surface area contributed by atoms with Crippen LogP contribution in [0.2, 0.25) is 0 Å². The second-order valence-corrected chi connectivity index (χ2v) is 8.36. The normalized spacial score (nSPS) is 11.4. The molecule has 0 aliphatic heterocycles. The highest BCUT2D eigenvalue weighted by Crippen LogP contribution is 2.31. The van der Waals surface area contributed by atoms with Crippen molar-refractivity contribution in [3.63, 3.8) is 0 Å². The topological polar surface area (TPSA) is 43.4 Å². The third kappa shape index (κ3) is 9.43. The van der Waals surface area contributed by atoms with Gasteiger partial charge in [0, 0.05) is 12.7 Å². The molecule has 0 bridgehead atoms. The van der Waals surface area contributed by atoms with Gasteiger partial charge in [0.05, 0.1) is 17.9 Å². The van der Waals surface area contributed by atoms with E-state index in [0.29, 0.717) is 25.5 Å². The summed E-state index contributed by atoms with van der Waals surface area (Å²) in [5.41, 5.74) is 2.00. The molecule has 0 radical (unpaired) electrons. The second-order valence-electron chi connectivity index (χ2n) is 7.35. The van der Waals surface area contributed by atoms with Gasteiger partial charge in [0.25, 0.3) is 0 Å². The smallest absolute Gasteiger partial charge is 0.417 e. The Hall–Kier alpha value is -1.96. The van der Waals surface area contributed by atoms with Gasteiger partial charge in [-0.15, -0.1) is 0 Å². The number of hydrogen-bond donors (Lipinski definition) is 1. The first kappa shape index (κ1) is 27.3. The SMILES string of the molecule is CCc1cc(OCC=C(Cl)Cl)cc(CC)c1OCCCCNCc1ccc(C(F)(F)F)cn1. The summed E-state index contributed by atoms with van der Waals surface area (Å²) in [4.78, 5) is 3.86. The fourth-order valence-electron chi connectivity index (χ4n) is 3.16. The molecule has 1 aromatic heterocycles. The lowest BCUT2D eigenvalue weighted by Crippen LogP contribution is -2.17. The summed E-state index contributed by atoms with van der Waals surface area (Å²) in [5.74, 6) is 1.66. The number of unbranched alkanes of at least 4 members (excludes halogenated alkanes) is 1. The van der Waals surface area contributed by atoms with Gasteiger partial charge < -0.3 is 14.8 Å². The maximum Gasteiger partial charge on any atom is 0.417 e. The Kier molecular flexibility index (Phi) is 11.3. The van der Waals surface area contributed by atoms with Crippen LogP contribution in [0.1, 0.15) is 49.1 Å². The van der Waals surface area contributed by atoms with Gasteiger partial charge in [0.2, 0.25) is 0 Å². The van der Waals surface area contributed by atoms with Crippen LogP contribution in [0.3, 0.4) is 0 Å². The summed E-state index contributed by atoms with van der Waals surface area (Å²) >= 11 is 11.2. The van der Waals surface area contributed by atoms with E-state index in [1.165, 1.54) is 6.07 Å². The maximum absolute atomic E-state index is 12.6. The van der Waals surface area contributed by atoms with Gasteiger partial charge in [0.15, 0.2) is 0 Å². The molecule has 0 amide bonds. The number of pyridine rings is 1. The molecule has 1 N–H and O–H groups in total. The number of nitrogens with zero attached hydrogens (tertiary/aromatic N) is 1. The Morgan fingerprint density at radius 2 is 1.76 bits per heavy atom. The van der Waals surface area contributed by atoms with Crippen LogP contribution >= 0.6 is 23.2 Å². The fraction of sp³-hybridized carbons (Fsp3) is 0.458. The summed E-state index contributed by atoms with van der Waals surface area (Å²) < 4.78 is 49.7. The zero-order chi connectivity index (χ0) is 24.3. The maximum atomic E-state index is 12.6. The van der Waals surface area contributed by atoms with Crippen molar-refractivity contribution in [1.82, 2.24) is 10.3 Å². The summed E-state index contributed by atoms with van der Waals surface area (Å²) in [6, 6.07) is 6.39. The van der Waals surface area contributed by atoms with Crippen molar-refractivity contribution in [1.29, 1.82) is 0 Å². The molecular weight excluding hydrogens is 476 g/mol. The molecule has 1 aromatic carbocycles. The van der Waals surface area contributed by atoms with E-state index in [-0.39, 0.29) is 4.49 Å². The molecule has 0 aliphatic carbocycles. The highest BCUT2D eigenvalue weighted by atomic mass is 35.5. The molecule has 0 saturated carbocycles. The van der Waals surface area contributed by atoms with E-state index < -0.39 is 11.7 Å². The third-order valence-corrected chi connectivity index (χ3v) is 5.23. The van der Waals surface area contributed by atoms with Crippen LogP contribution < -0.4 is 14.8 Å². The fourth-order valence-corrected chi connectivity index (χ4v) is 3.28. The molecule has 4 nitrogen and oxygen atoms in total. The van der Waals surface area contributed by atoms with Gasteiger partial charge in [-0.1, -0.05) is 37.0 Å². The number of benzene rings is 1. The van der Waals surface area contributed by atoms with E-state index in [9.17, 15) is 13.2 Å². The van der Waals surface area contributed by atoms with Crippen molar-refractivity contribution < 1.29 is 22.6 Å². The van der Waals surface area contributed by atoms with E-state index >= 15 is 0 Å². The molecule has 0 fully saturated rings. The van der Waals surface area contributed by atoms with Crippen molar-refractivity contribution in [3.8, 4) is 11.5 Å². The minimum Gasteiger partial charge on any atom is -0.493 e. The standard InChI is InChI=1S/C24H29Cl2F3N2O2/c1-3-17-13-21(32-12-9-22(25)26)14-18(4-2)23(17)33-11-6-5-10-30-16-20-8-7-19(15-31-20)24(27,28)29/h7-9,13-15,30H,3-6,10-12,16H2,1-2H3. The van der Waals surface area contributed by atoms with E-state index in [2.05, 4.69) is 24.1 Å². The van der Waals surface area contributed by atoms with Crippen LogP contribution in [-0.4, -0.2) is 24.7 Å². The zero-order valence-corrected chi connectivity index (χ0v) is 20.3. The Labute approximate surface area is 203 Å². The average molecular weight is 505 g/mol. The lowest BCUT2D eigenvalue weighted by molar-refractivity contribution is -0.137. The van der Waals surface area contributed by atoms with Crippen molar-refractivity contribution in [2.75, 3.05) is 19.8 Å². The van der Waals surface area contributed by atoms with Gasteiger partial charge in [-0.05, 0) is 73.7 Å². The zero-order valence-electron chi connectivity index (χ0n) is 18.8. The molecule has 0 aliphatic rings. The second kappa shape index (κ2) is 13.7. The number of hydrogen-bond acceptors (Lipinski definition) is 4. The predicted molar refractivity (Wildman–Crippen MR) is 126 cm³/mol. The lowest BCUT2D eigenvalue weighted by atomic mass is 10.0. The van der Waals surface area contributed by atoms with Crippen molar-refractivity contribution in [2.24, 2.45) is 0 Å². The molecule has 0 saturated heterocycles. The van der Waals surface area contributed by atoms with Crippen molar-refractivity contribution >= 4 is 23.2 Å². The van der Waals surface area contributed by atoms with Crippen LogP contribution in [-0.2, 0) is 25.6 Å². The van der Waals surface area contributed by atoms with Crippen LogP contribution in [0.25, 0.3) is 0 Å². The van der Waals surface area contributed by atoms with Gasteiger partial charge in [-0.3, -0.25) is 4.98 Å². The summed E-state index contributed by atoms with van der Waals surface area (Å²) in [5, 5.41) is 3.20. The predicted octanol–water partition coefficient (Wildman–Crippen LogP) is 6.87. The highest BCUT2D eigenvalue weighted by Gasteiger charge is 2.30. The number of nitrogens with one attached hydrogen (secondary N) is 1. The first-order valence-electron chi connectivity index (χ1n) is 10.9. The highest BCUT2D eigenvalue weighted by molar-refractivity contribution is 6.55.